The highest BCUT2D eigenvalue weighted by Gasteiger charge is 2.14. The largest absolute Gasteiger partial charge is 0.491 e. The Morgan fingerprint density at radius 1 is 1.25 bits per heavy atom. The minimum absolute atomic E-state index is 0.225. The molecule has 0 aliphatic carbocycles. The minimum atomic E-state index is 0.225. The molecule has 2 N–H and O–H groups in total. The Bertz CT molecular complexity index is 400. The first-order chi connectivity index (χ1) is 9.65. The minimum Gasteiger partial charge on any atom is -0.491 e. The summed E-state index contributed by atoms with van der Waals surface area (Å²) in [5, 5.41) is 7.08. The zero-order valence-electron chi connectivity index (χ0n) is 13.0. The van der Waals surface area contributed by atoms with Crippen molar-refractivity contribution in [2.75, 3.05) is 19.6 Å². The predicted molar refractivity (Wildman–Crippen MR) is 84.2 cm³/mol. The van der Waals surface area contributed by atoms with Gasteiger partial charge in [0, 0.05) is 6.04 Å². The molecule has 3 heteroatoms. The van der Waals surface area contributed by atoms with Gasteiger partial charge in [0.15, 0.2) is 0 Å². The van der Waals surface area contributed by atoms with E-state index in [0.29, 0.717) is 6.04 Å². The monoisotopic (exact) mass is 276 g/mol. The molecule has 0 saturated carbocycles. The number of benzene rings is 1. The molecule has 1 aliphatic heterocycles. The van der Waals surface area contributed by atoms with Crippen molar-refractivity contribution in [3.63, 3.8) is 0 Å². The molecule has 1 atom stereocenters. The van der Waals surface area contributed by atoms with Crippen LogP contribution in [0.5, 0.6) is 5.75 Å². The van der Waals surface area contributed by atoms with Crippen LogP contribution >= 0.6 is 0 Å². The van der Waals surface area contributed by atoms with Crippen LogP contribution in [0, 0.1) is 5.92 Å². The van der Waals surface area contributed by atoms with E-state index in [1.807, 2.05) is 6.07 Å². The smallest absolute Gasteiger partial charge is 0.120 e. The van der Waals surface area contributed by atoms with Crippen molar-refractivity contribution < 1.29 is 4.74 Å². The van der Waals surface area contributed by atoms with Gasteiger partial charge in [0.1, 0.15) is 5.75 Å². The lowest BCUT2D eigenvalue weighted by Gasteiger charge is -2.25. The van der Waals surface area contributed by atoms with Gasteiger partial charge in [0.25, 0.3) is 0 Å². The second-order valence-electron chi connectivity index (χ2n) is 6.06. The van der Waals surface area contributed by atoms with E-state index in [9.17, 15) is 0 Å². The molecule has 1 saturated heterocycles. The third-order valence-corrected chi connectivity index (χ3v) is 3.90. The second-order valence-corrected chi connectivity index (χ2v) is 6.06. The molecule has 1 aliphatic rings. The van der Waals surface area contributed by atoms with Gasteiger partial charge >= 0.3 is 0 Å². The average Bonchev–Trinajstić information content (AvgIpc) is 2.45. The summed E-state index contributed by atoms with van der Waals surface area (Å²) in [6.45, 7) is 9.79. The number of rotatable bonds is 6. The molecule has 1 unspecified atom stereocenters. The Morgan fingerprint density at radius 3 is 2.70 bits per heavy atom. The average molecular weight is 276 g/mol. The van der Waals surface area contributed by atoms with Gasteiger partial charge in [-0.3, -0.25) is 0 Å². The van der Waals surface area contributed by atoms with Gasteiger partial charge in [0.05, 0.1) is 6.10 Å². The lowest BCUT2D eigenvalue weighted by atomic mass is 9.97. The van der Waals surface area contributed by atoms with Crippen molar-refractivity contribution in [2.24, 2.45) is 5.92 Å². The van der Waals surface area contributed by atoms with Gasteiger partial charge in [-0.2, -0.15) is 0 Å². The van der Waals surface area contributed by atoms with Crippen molar-refractivity contribution in [1.29, 1.82) is 0 Å². The molecule has 112 valence electrons. The van der Waals surface area contributed by atoms with Gasteiger partial charge in [-0.1, -0.05) is 12.1 Å². The quantitative estimate of drug-likeness (QED) is 0.837. The van der Waals surface area contributed by atoms with Gasteiger partial charge in [-0.25, -0.2) is 0 Å². The number of ether oxygens (including phenoxy) is 1. The summed E-state index contributed by atoms with van der Waals surface area (Å²) in [5.74, 6) is 1.78. The van der Waals surface area contributed by atoms with Gasteiger partial charge in [0.2, 0.25) is 0 Å². The van der Waals surface area contributed by atoms with Crippen molar-refractivity contribution in [3.05, 3.63) is 29.8 Å². The second kappa shape index (κ2) is 7.65. The summed E-state index contributed by atoms with van der Waals surface area (Å²) >= 11 is 0. The normalized spacial score (nSPS) is 18.2. The van der Waals surface area contributed by atoms with Crippen LogP contribution < -0.4 is 15.4 Å². The fraction of sp³-hybridized carbons (Fsp3) is 0.647. The van der Waals surface area contributed by atoms with Crippen LogP contribution in [0.3, 0.4) is 0 Å². The number of nitrogens with one attached hydrogen (secondary N) is 2. The summed E-state index contributed by atoms with van der Waals surface area (Å²) < 4.78 is 5.76. The first-order valence-corrected chi connectivity index (χ1v) is 7.86. The molecule has 20 heavy (non-hydrogen) atoms. The molecule has 1 fully saturated rings. The summed E-state index contributed by atoms with van der Waals surface area (Å²) in [5.41, 5.74) is 1.30. The maximum Gasteiger partial charge on any atom is 0.120 e. The van der Waals surface area contributed by atoms with E-state index in [4.69, 9.17) is 4.74 Å². The maximum absolute atomic E-state index is 5.76. The van der Waals surface area contributed by atoms with E-state index in [1.165, 1.54) is 31.5 Å². The van der Waals surface area contributed by atoms with E-state index in [-0.39, 0.29) is 6.10 Å². The molecular weight excluding hydrogens is 248 g/mol. The molecular formula is C17H28N2O. The summed E-state index contributed by atoms with van der Waals surface area (Å²) in [4.78, 5) is 0. The van der Waals surface area contributed by atoms with Gasteiger partial charge in [-0.15, -0.1) is 0 Å². The molecule has 1 aromatic rings. The van der Waals surface area contributed by atoms with Crippen molar-refractivity contribution in [2.45, 2.75) is 45.8 Å². The first kappa shape index (κ1) is 15.3. The van der Waals surface area contributed by atoms with E-state index in [2.05, 4.69) is 49.6 Å². The fourth-order valence-corrected chi connectivity index (χ4v) is 2.68. The first-order valence-electron chi connectivity index (χ1n) is 7.86. The highest BCUT2D eigenvalue weighted by atomic mass is 16.5. The number of piperidine rings is 1. The maximum atomic E-state index is 5.76. The molecule has 0 bridgehead atoms. The zero-order valence-corrected chi connectivity index (χ0v) is 13.0. The highest BCUT2D eigenvalue weighted by molar-refractivity contribution is 5.30. The lowest BCUT2D eigenvalue weighted by Crippen LogP contribution is -2.34. The Kier molecular flexibility index (Phi) is 5.86. The fourth-order valence-electron chi connectivity index (χ4n) is 2.68. The highest BCUT2D eigenvalue weighted by Crippen LogP contribution is 2.21. The molecule has 1 heterocycles. The molecule has 0 radical (unpaired) electrons. The summed E-state index contributed by atoms with van der Waals surface area (Å²) in [6.07, 6.45) is 2.80. The number of hydrogen-bond acceptors (Lipinski definition) is 3. The van der Waals surface area contributed by atoms with E-state index < -0.39 is 0 Å². The molecule has 0 amide bonds. The third kappa shape index (κ3) is 4.80. The van der Waals surface area contributed by atoms with Crippen LogP contribution in [0.25, 0.3) is 0 Å². The van der Waals surface area contributed by atoms with Crippen molar-refractivity contribution in [1.82, 2.24) is 10.6 Å². The zero-order chi connectivity index (χ0) is 14.4. The Hall–Kier alpha value is -1.06. The van der Waals surface area contributed by atoms with Crippen LogP contribution in [0.4, 0.5) is 0 Å². The van der Waals surface area contributed by atoms with E-state index >= 15 is 0 Å². The molecule has 0 spiro atoms. The molecule has 0 aromatic heterocycles. The topological polar surface area (TPSA) is 33.3 Å². The van der Waals surface area contributed by atoms with E-state index in [1.54, 1.807) is 0 Å². The van der Waals surface area contributed by atoms with Crippen LogP contribution in [0.1, 0.15) is 45.2 Å². The SMILES string of the molecule is CC(C)Oc1cccc(C(C)NCC2CCNCC2)c1. The van der Waals surface area contributed by atoms with Crippen molar-refractivity contribution >= 4 is 0 Å². The molecule has 1 aromatic carbocycles. The lowest BCUT2D eigenvalue weighted by molar-refractivity contribution is 0.242. The Balaban J connectivity index is 1.86. The number of hydrogen-bond donors (Lipinski definition) is 2. The molecule has 3 nitrogen and oxygen atoms in total. The summed E-state index contributed by atoms with van der Waals surface area (Å²) in [7, 11) is 0. The summed E-state index contributed by atoms with van der Waals surface area (Å²) in [6, 6.07) is 8.81. The Morgan fingerprint density at radius 2 is 2.00 bits per heavy atom. The standard InChI is InChI=1S/C17H28N2O/c1-13(2)20-17-6-4-5-16(11-17)14(3)19-12-15-7-9-18-10-8-15/h4-6,11,13-15,18-19H,7-10,12H2,1-3H3. The van der Waals surface area contributed by atoms with Gasteiger partial charge < -0.3 is 15.4 Å². The van der Waals surface area contributed by atoms with Crippen LogP contribution in [0.15, 0.2) is 24.3 Å². The van der Waals surface area contributed by atoms with Crippen LogP contribution in [-0.4, -0.2) is 25.7 Å². The third-order valence-electron chi connectivity index (χ3n) is 3.90. The van der Waals surface area contributed by atoms with E-state index in [0.717, 1.165) is 18.2 Å². The van der Waals surface area contributed by atoms with Gasteiger partial charge in [-0.05, 0) is 76.9 Å². The van der Waals surface area contributed by atoms with Crippen LogP contribution in [-0.2, 0) is 0 Å². The Labute approximate surface area is 123 Å². The van der Waals surface area contributed by atoms with Crippen LogP contribution in [0.2, 0.25) is 0 Å². The van der Waals surface area contributed by atoms with Crippen molar-refractivity contribution in [3.8, 4) is 5.75 Å². The molecule has 2 rings (SSSR count). The predicted octanol–water partition coefficient (Wildman–Crippen LogP) is 3.12.